The van der Waals surface area contributed by atoms with Gasteiger partial charge in [0.25, 0.3) is 0 Å². The molecule has 0 aliphatic heterocycles. The Bertz CT molecular complexity index is 1100. The standard InChI is InChI=1S/C22H20N2O4/c1-15-12-22(27)28-19-13-17(8-9-18(15)19)23-20(25)10-11-21(26)24(2)14-16-6-4-3-5-7-16/h3-13H,14H2,1-2H3,(H,23,25). The Labute approximate surface area is 162 Å². The van der Waals surface area contributed by atoms with Crippen molar-refractivity contribution in [2.45, 2.75) is 13.5 Å². The molecule has 2 amide bonds. The SMILES string of the molecule is Cc1cc(=O)oc2cc(NC(=O)C=CC(=O)N(C)Cc3ccccc3)ccc12. The first kappa shape index (κ1) is 19.1. The normalized spacial score (nSPS) is 10.9. The molecule has 2 aromatic carbocycles. The van der Waals surface area contributed by atoms with Gasteiger partial charge >= 0.3 is 5.63 Å². The number of anilines is 1. The number of hydrogen-bond acceptors (Lipinski definition) is 4. The van der Waals surface area contributed by atoms with Gasteiger partial charge in [-0.1, -0.05) is 30.3 Å². The predicted molar refractivity (Wildman–Crippen MR) is 108 cm³/mol. The molecule has 0 fully saturated rings. The molecule has 0 unspecified atom stereocenters. The fourth-order valence-corrected chi connectivity index (χ4v) is 2.80. The zero-order chi connectivity index (χ0) is 20.1. The number of likely N-dealkylation sites (N-methyl/N-ethyl adjacent to an activating group) is 1. The minimum absolute atomic E-state index is 0.279. The van der Waals surface area contributed by atoms with Crippen LogP contribution in [-0.2, 0) is 16.1 Å². The number of nitrogens with zero attached hydrogens (tertiary/aromatic N) is 1. The number of carbonyl (C=O) groups is 2. The second kappa shape index (κ2) is 8.35. The molecule has 1 aromatic heterocycles. The molecule has 1 heterocycles. The lowest BCUT2D eigenvalue weighted by atomic mass is 10.1. The van der Waals surface area contributed by atoms with Crippen LogP contribution in [0.15, 0.2) is 76.0 Å². The van der Waals surface area contributed by atoms with E-state index in [4.69, 9.17) is 4.42 Å². The number of benzene rings is 2. The van der Waals surface area contributed by atoms with E-state index in [0.29, 0.717) is 17.8 Å². The third-order valence-corrected chi connectivity index (χ3v) is 4.23. The molecule has 0 saturated carbocycles. The van der Waals surface area contributed by atoms with E-state index in [1.54, 1.807) is 25.2 Å². The van der Waals surface area contributed by atoms with Crippen LogP contribution in [0.2, 0.25) is 0 Å². The van der Waals surface area contributed by atoms with Gasteiger partial charge in [-0.15, -0.1) is 0 Å². The van der Waals surface area contributed by atoms with Crippen LogP contribution < -0.4 is 10.9 Å². The van der Waals surface area contributed by atoms with Crippen LogP contribution in [0.25, 0.3) is 11.0 Å². The Kier molecular flexibility index (Phi) is 5.69. The number of rotatable bonds is 5. The van der Waals surface area contributed by atoms with Crippen molar-refractivity contribution in [3.63, 3.8) is 0 Å². The predicted octanol–water partition coefficient (Wildman–Crippen LogP) is 3.25. The third-order valence-electron chi connectivity index (χ3n) is 4.23. The second-order valence-corrected chi connectivity index (χ2v) is 6.46. The van der Waals surface area contributed by atoms with Crippen molar-refractivity contribution < 1.29 is 14.0 Å². The van der Waals surface area contributed by atoms with E-state index in [-0.39, 0.29) is 5.91 Å². The molecule has 0 aliphatic rings. The number of carbonyl (C=O) groups excluding carboxylic acids is 2. The summed E-state index contributed by atoms with van der Waals surface area (Å²) >= 11 is 0. The summed E-state index contributed by atoms with van der Waals surface area (Å²) in [6.45, 7) is 2.27. The van der Waals surface area contributed by atoms with Gasteiger partial charge in [0.1, 0.15) is 5.58 Å². The van der Waals surface area contributed by atoms with Crippen molar-refractivity contribution in [1.82, 2.24) is 4.90 Å². The summed E-state index contributed by atoms with van der Waals surface area (Å²) in [7, 11) is 1.67. The van der Waals surface area contributed by atoms with Crippen molar-refractivity contribution in [1.29, 1.82) is 0 Å². The fraction of sp³-hybridized carbons (Fsp3) is 0.136. The van der Waals surface area contributed by atoms with Gasteiger partial charge in [-0.05, 0) is 30.2 Å². The highest BCUT2D eigenvalue weighted by molar-refractivity contribution is 6.04. The summed E-state index contributed by atoms with van der Waals surface area (Å²) in [4.78, 5) is 37.3. The van der Waals surface area contributed by atoms with Crippen LogP contribution in [0, 0.1) is 6.92 Å². The smallest absolute Gasteiger partial charge is 0.336 e. The van der Waals surface area contributed by atoms with E-state index in [0.717, 1.165) is 16.5 Å². The van der Waals surface area contributed by atoms with Gasteiger partial charge in [0.05, 0.1) is 0 Å². The first-order chi connectivity index (χ1) is 13.4. The zero-order valence-corrected chi connectivity index (χ0v) is 15.6. The first-order valence-corrected chi connectivity index (χ1v) is 8.75. The molecule has 3 aromatic rings. The van der Waals surface area contributed by atoms with E-state index >= 15 is 0 Å². The molecule has 0 spiro atoms. The van der Waals surface area contributed by atoms with Gasteiger partial charge in [-0.3, -0.25) is 9.59 Å². The molecule has 0 saturated heterocycles. The molecule has 3 rings (SSSR count). The van der Waals surface area contributed by atoms with Crippen LogP contribution in [-0.4, -0.2) is 23.8 Å². The van der Waals surface area contributed by atoms with Crippen molar-refractivity contribution in [3.8, 4) is 0 Å². The summed E-state index contributed by atoms with van der Waals surface area (Å²) in [6.07, 6.45) is 2.41. The maximum Gasteiger partial charge on any atom is 0.336 e. The maximum absolute atomic E-state index is 12.2. The van der Waals surface area contributed by atoms with Crippen molar-refractivity contribution in [2.24, 2.45) is 0 Å². The van der Waals surface area contributed by atoms with Crippen LogP contribution in [0.5, 0.6) is 0 Å². The van der Waals surface area contributed by atoms with Crippen molar-refractivity contribution >= 4 is 28.5 Å². The lowest BCUT2D eigenvalue weighted by Crippen LogP contribution is -2.24. The monoisotopic (exact) mass is 376 g/mol. The highest BCUT2D eigenvalue weighted by Crippen LogP contribution is 2.20. The summed E-state index contributed by atoms with van der Waals surface area (Å²) in [5, 5.41) is 3.46. The van der Waals surface area contributed by atoms with Crippen LogP contribution in [0.1, 0.15) is 11.1 Å². The molecule has 0 atom stereocenters. The maximum atomic E-state index is 12.2. The number of amides is 2. The van der Waals surface area contributed by atoms with Crippen molar-refractivity contribution in [3.05, 3.63) is 88.3 Å². The quantitative estimate of drug-likeness (QED) is 0.548. The van der Waals surface area contributed by atoms with Gasteiger partial charge in [-0.2, -0.15) is 0 Å². The van der Waals surface area contributed by atoms with Crippen molar-refractivity contribution in [2.75, 3.05) is 12.4 Å². The number of aryl methyl sites for hydroxylation is 1. The Morgan fingerprint density at radius 2 is 1.82 bits per heavy atom. The minimum Gasteiger partial charge on any atom is -0.423 e. The van der Waals surface area contributed by atoms with Crippen LogP contribution in [0.4, 0.5) is 5.69 Å². The molecular weight excluding hydrogens is 356 g/mol. The van der Waals surface area contributed by atoms with Gasteiger partial charge in [0.15, 0.2) is 0 Å². The highest BCUT2D eigenvalue weighted by Gasteiger charge is 2.08. The highest BCUT2D eigenvalue weighted by atomic mass is 16.4. The molecule has 142 valence electrons. The van der Waals surface area contributed by atoms with Gasteiger partial charge in [0.2, 0.25) is 11.8 Å². The lowest BCUT2D eigenvalue weighted by molar-refractivity contribution is -0.125. The minimum atomic E-state index is -0.448. The molecule has 0 radical (unpaired) electrons. The van der Waals surface area contributed by atoms with Gasteiger partial charge in [0, 0.05) is 49.0 Å². The van der Waals surface area contributed by atoms with E-state index in [1.165, 1.54) is 23.1 Å². The summed E-state index contributed by atoms with van der Waals surface area (Å²) < 4.78 is 5.17. The van der Waals surface area contributed by atoms with E-state index in [9.17, 15) is 14.4 Å². The fourth-order valence-electron chi connectivity index (χ4n) is 2.80. The third kappa shape index (κ3) is 4.73. The average molecular weight is 376 g/mol. The first-order valence-electron chi connectivity index (χ1n) is 8.75. The van der Waals surface area contributed by atoms with E-state index in [1.807, 2.05) is 37.3 Å². The lowest BCUT2D eigenvalue weighted by Gasteiger charge is -2.14. The Morgan fingerprint density at radius 3 is 2.57 bits per heavy atom. The largest absolute Gasteiger partial charge is 0.423 e. The van der Waals surface area contributed by atoms with Gasteiger partial charge in [-0.25, -0.2) is 4.79 Å². The Morgan fingerprint density at radius 1 is 1.07 bits per heavy atom. The molecule has 6 heteroatoms. The molecule has 28 heavy (non-hydrogen) atoms. The number of nitrogens with one attached hydrogen (secondary N) is 1. The summed E-state index contributed by atoms with van der Waals surface area (Å²) in [6, 6.07) is 16.1. The number of hydrogen-bond donors (Lipinski definition) is 1. The molecule has 0 bridgehead atoms. The zero-order valence-electron chi connectivity index (χ0n) is 15.6. The summed E-state index contributed by atoms with van der Waals surface area (Å²) in [5.74, 6) is -0.727. The second-order valence-electron chi connectivity index (χ2n) is 6.46. The molecular formula is C22H20N2O4. The molecule has 1 N–H and O–H groups in total. The Hall–Kier alpha value is -3.67. The van der Waals surface area contributed by atoms with Crippen LogP contribution >= 0.6 is 0 Å². The topological polar surface area (TPSA) is 79.6 Å². The van der Waals surface area contributed by atoms with Gasteiger partial charge < -0.3 is 14.6 Å². The van der Waals surface area contributed by atoms with E-state index < -0.39 is 11.5 Å². The average Bonchev–Trinajstić information content (AvgIpc) is 2.66. The molecule has 6 nitrogen and oxygen atoms in total. The summed E-state index contributed by atoms with van der Waals surface area (Å²) in [5.41, 5.74) is 2.23. The molecule has 0 aliphatic carbocycles. The number of fused-ring (bicyclic) bond motifs is 1. The Balaban J connectivity index is 1.64. The van der Waals surface area contributed by atoms with Crippen LogP contribution in [0.3, 0.4) is 0 Å². The van der Waals surface area contributed by atoms with E-state index in [2.05, 4.69) is 5.32 Å².